The maximum atomic E-state index is 16.3. The van der Waals surface area contributed by atoms with Gasteiger partial charge in [-0.05, 0) is 73.1 Å². The molecule has 1 atom stereocenters. The predicted octanol–water partition coefficient (Wildman–Crippen LogP) is 4.80. The van der Waals surface area contributed by atoms with Crippen molar-refractivity contribution in [3.05, 3.63) is 82.7 Å². The fourth-order valence-corrected chi connectivity index (χ4v) is 7.33. The summed E-state index contributed by atoms with van der Waals surface area (Å²) in [5, 5.41) is 5.35. The monoisotopic (exact) mass is 679 g/mol. The number of hydrogen-bond donors (Lipinski definition) is 2. The van der Waals surface area contributed by atoms with Crippen molar-refractivity contribution in [2.75, 3.05) is 36.4 Å². The van der Waals surface area contributed by atoms with Gasteiger partial charge in [-0.3, -0.25) is 24.6 Å². The van der Waals surface area contributed by atoms with E-state index in [-0.39, 0.29) is 43.2 Å². The lowest BCUT2D eigenvalue weighted by Gasteiger charge is -2.37. The van der Waals surface area contributed by atoms with Crippen LogP contribution >= 0.6 is 0 Å². The van der Waals surface area contributed by atoms with Crippen LogP contribution in [0.1, 0.15) is 71.3 Å². The van der Waals surface area contributed by atoms with Crippen molar-refractivity contribution >= 4 is 29.4 Å². The summed E-state index contributed by atoms with van der Waals surface area (Å²) in [6, 6.07) is 13.6. The van der Waals surface area contributed by atoms with Crippen LogP contribution in [-0.4, -0.2) is 75.8 Å². The molecule has 0 radical (unpaired) electrons. The molecule has 14 heteroatoms. The van der Waals surface area contributed by atoms with Crippen LogP contribution < -0.4 is 15.5 Å². The summed E-state index contributed by atoms with van der Waals surface area (Å²) in [5.74, 6) is -1.08. The Bertz CT molecular complexity index is 1740. The molecule has 2 N–H and O–H groups in total. The van der Waals surface area contributed by atoms with Gasteiger partial charge in [0.25, 0.3) is 5.91 Å². The fourth-order valence-electron chi connectivity index (χ4n) is 7.33. The summed E-state index contributed by atoms with van der Waals surface area (Å²) in [7, 11) is 0. The van der Waals surface area contributed by atoms with Crippen molar-refractivity contribution in [2.45, 2.75) is 75.5 Å². The number of halogens is 4. The third-order valence-electron chi connectivity index (χ3n) is 10.2. The van der Waals surface area contributed by atoms with Crippen molar-refractivity contribution < 1.29 is 31.9 Å². The number of aromatic nitrogens is 2. The van der Waals surface area contributed by atoms with E-state index in [0.717, 1.165) is 49.4 Å². The number of hydrogen-bond acceptors (Lipinski definition) is 8. The Morgan fingerprint density at radius 3 is 2.37 bits per heavy atom. The number of rotatable bonds is 7. The molecule has 1 aromatic heterocycles. The molecule has 4 aliphatic heterocycles. The van der Waals surface area contributed by atoms with Crippen LogP contribution in [0.4, 0.5) is 29.2 Å². The molecular formula is C35H37F4N7O3. The summed E-state index contributed by atoms with van der Waals surface area (Å²) < 4.78 is 55.3. The lowest BCUT2D eigenvalue weighted by Crippen LogP contribution is -2.52. The molecule has 0 aliphatic carbocycles. The zero-order valence-electron chi connectivity index (χ0n) is 26.8. The molecule has 49 heavy (non-hydrogen) atoms. The molecule has 0 spiro atoms. The highest BCUT2D eigenvalue weighted by Crippen LogP contribution is 2.40. The van der Waals surface area contributed by atoms with Gasteiger partial charge >= 0.3 is 6.18 Å². The first-order valence-corrected chi connectivity index (χ1v) is 16.7. The number of imide groups is 1. The second-order valence-electron chi connectivity index (χ2n) is 13.3. The van der Waals surface area contributed by atoms with E-state index in [1.54, 1.807) is 18.2 Å². The normalized spacial score (nSPS) is 21.9. The van der Waals surface area contributed by atoms with Crippen LogP contribution in [0, 0.1) is 0 Å². The Kier molecular flexibility index (Phi) is 8.76. The molecule has 3 saturated heterocycles. The van der Waals surface area contributed by atoms with E-state index in [1.807, 2.05) is 0 Å². The van der Waals surface area contributed by atoms with E-state index in [0.29, 0.717) is 49.2 Å². The van der Waals surface area contributed by atoms with E-state index in [9.17, 15) is 27.6 Å². The first kappa shape index (κ1) is 32.9. The smallest absolute Gasteiger partial charge is 0.371 e. The highest BCUT2D eigenvalue weighted by Gasteiger charge is 2.41. The summed E-state index contributed by atoms with van der Waals surface area (Å²) in [5.41, 5.74) is 1.45. The number of alkyl halides is 4. The van der Waals surface area contributed by atoms with Crippen molar-refractivity contribution in [3.8, 4) is 0 Å². The third kappa shape index (κ3) is 6.96. The molecular weight excluding hydrogens is 642 g/mol. The minimum atomic E-state index is -4.51. The molecule has 1 unspecified atom stereocenters. The Hall–Kier alpha value is -4.59. The fraction of sp³-hybridized carbons (Fsp3) is 0.457. The van der Waals surface area contributed by atoms with Gasteiger partial charge in [-0.2, -0.15) is 13.2 Å². The maximum Gasteiger partial charge on any atom is 0.433 e. The molecule has 0 bridgehead atoms. The van der Waals surface area contributed by atoms with E-state index in [2.05, 4.69) is 54.7 Å². The van der Waals surface area contributed by atoms with Crippen LogP contribution in [-0.2, 0) is 34.5 Å². The molecule has 3 amide bonds. The number of amides is 3. The number of likely N-dealkylation sites (tertiary alicyclic amines) is 1. The number of nitrogens with one attached hydrogen (secondary N) is 2. The van der Waals surface area contributed by atoms with E-state index in [4.69, 9.17) is 0 Å². The number of fused-ring (bicyclic) bond motifs is 1. The summed E-state index contributed by atoms with van der Waals surface area (Å²) in [4.78, 5) is 50.5. The van der Waals surface area contributed by atoms with Crippen molar-refractivity contribution in [3.63, 3.8) is 0 Å². The Morgan fingerprint density at radius 2 is 1.67 bits per heavy atom. The summed E-state index contributed by atoms with van der Waals surface area (Å²) >= 11 is 0. The third-order valence-corrected chi connectivity index (χ3v) is 10.2. The Morgan fingerprint density at radius 1 is 0.939 bits per heavy atom. The van der Waals surface area contributed by atoms with Gasteiger partial charge in [0, 0.05) is 69.2 Å². The number of carbonyl (C=O) groups excluding carboxylic acids is 3. The number of benzene rings is 2. The first-order valence-electron chi connectivity index (χ1n) is 16.7. The SMILES string of the molecule is O=C1CCC(N2Cc3cc(C4(F)CCN(Cc5ccc(N6CCC(Nc7nccc(C(F)(F)F)n7)CC6)cc5)CC4)ccc3C2=O)C(=O)N1. The van der Waals surface area contributed by atoms with Gasteiger partial charge in [0.2, 0.25) is 17.8 Å². The van der Waals surface area contributed by atoms with Crippen LogP contribution in [0.3, 0.4) is 0 Å². The van der Waals surface area contributed by atoms with E-state index < -0.39 is 29.5 Å². The number of nitrogens with zero attached hydrogens (tertiary/aromatic N) is 5. The van der Waals surface area contributed by atoms with Gasteiger partial charge in [0.1, 0.15) is 17.4 Å². The van der Waals surface area contributed by atoms with Crippen molar-refractivity contribution in [1.29, 1.82) is 0 Å². The van der Waals surface area contributed by atoms with E-state index >= 15 is 4.39 Å². The molecule has 7 rings (SSSR count). The van der Waals surface area contributed by atoms with Crippen LogP contribution in [0.15, 0.2) is 54.7 Å². The van der Waals surface area contributed by atoms with Crippen LogP contribution in [0.25, 0.3) is 0 Å². The molecule has 5 heterocycles. The highest BCUT2D eigenvalue weighted by molar-refractivity contribution is 6.05. The van der Waals surface area contributed by atoms with Gasteiger partial charge in [-0.25, -0.2) is 14.4 Å². The average Bonchev–Trinajstić information content (AvgIpc) is 3.41. The zero-order valence-corrected chi connectivity index (χ0v) is 26.8. The lowest BCUT2D eigenvalue weighted by atomic mass is 9.84. The maximum absolute atomic E-state index is 16.3. The summed E-state index contributed by atoms with van der Waals surface area (Å²) in [6.07, 6.45) is -0.819. The molecule has 10 nitrogen and oxygen atoms in total. The second-order valence-corrected chi connectivity index (χ2v) is 13.3. The summed E-state index contributed by atoms with van der Waals surface area (Å²) in [6.45, 7) is 3.55. The number of piperidine rings is 3. The molecule has 3 aromatic rings. The van der Waals surface area contributed by atoms with Gasteiger partial charge in [-0.1, -0.05) is 24.3 Å². The van der Waals surface area contributed by atoms with Crippen LogP contribution in [0.5, 0.6) is 0 Å². The molecule has 3 fully saturated rings. The van der Waals surface area contributed by atoms with Gasteiger partial charge in [-0.15, -0.1) is 0 Å². The largest absolute Gasteiger partial charge is 0.433 e. The highest BCUT2D eigenvalue weighted by atomic mass is 19.4. The average molecular weight is 680 g/mol. The minimum Gasteiger partial charge on any atom is -0.371 e. The topological polar surface area (TPSA) is 111 Å². The Labute approximate surface area is 280 Å². The minimum absolute atomic E-state index is 0.0116. The molecule has 258 valence electrons. The number of anilines is 2. The van der Waals surface area contributed by atoms with Crippen molar-refractivity contribution in [2.24, 2.45) is 0 Å². The van der Waals surface area contributed by atoms with Gasteiger partial charge in [0.15, 0.2) is 0 Å². The number of carbonyl (C=O) groups is 3. The Balaban J connectivity index is 0.893. The van der Waals surface area contributed by atoms with Gasteiger partial charge < -0.3 is 15.1 Å². The van der Waals surface area contributed by atoms with Crippen molar-refractivity contribution in [1.82, 2.24) is 25.1 Å². The van der Waals surface area contributed by atoms with Gasteiger partial charge in [0.05, 0.1) is 0 Å². The first-order chi connectivity index (χ1) is 23.4. The zero-order chi connectivity index (χ0) is 34.3. The molecule has 2 aromatic carbocycles. The molecule has 0 saturated carbocycles. The molecule has 4 aliphatic rings. The van der Waals surface area contributed by atoms with Crippen LogP contribution in [0.2, 0.25) is 0 Å². The quantitative estimate of drug-likeness (QED) is 0.271. The standard InChI is InChI=1S/C35H37F4N7O3/c36-34(24-3-6-27-23(19-24)21-46(32(27)49)28-7-8-30(47)43-31(28)48)12-17-44(18-13-34)20-22-1-4-26(5-2-22)45-15-10-25(11-16-45)41-33-40-14-9-29(42-33)35(37,38)39/h1-6,9,14,19,25,28H,7-8,10-13,15-18,20-21H2,(H,40,41,42)(H,43,47,48). The lowest BCUT2D eigenvalue weighted by molar-refractivity contribution is -0.141. The predicted molar refractivity (Wildman–Crippen MR) is 172 cm³/mol. The van der Waals surface area contributed by atoms with E-state index in [1.165, 1.54) is 4.90 Å². The second kappa shape index (κ2) is 13.0.